The fourth-order valence-electron chi connectivity index (χ4n) is 3.98. The molecule has 1 atom stereocenters. The van der Waals surface area contributed by atoms with E-state index in [0.717, 1.165) is 34.6 Å². The number of nitrogens with two attached hydrogens (primary N) is 1. The van der Waals surface area contributed by atoms with Crippen LogP contribution in [0.5, 0.6) is 0 Å². The van der Waals surface area contributed by atoms with Crippen molar-refractivity contribution >= 4 is 10.8 Å². The van der Waals surface area contributed by atoms with Crippen molar-refractivity contribution in [2.75, 3.05) is 6.61 Å². The molecule has 0 spiro atoms. The highest BCUT2D eigenvalue weighted by molar-refractivity contribution is 5.88. The Morgan fingerprint density at radius 2 is 1.90 bits per heavy atom. The molecule has 154 valence electrons. The maximum Gasteiger partial charge on any atom is 0.264 e. The molecular formula is C25H22N4O2. The molecule has 1 aliphatic heterocycles. The average Bonchev–Trinajstić information content (AvgIpc) is 3.21. The van der Waals surface area contributed by atoms with Crippen LogP contribution in [0.2, 0.25) is 0 Å². The van der Waals surface area contributed by atoms with Crippen LogP contribution >= 0.6 is 0 Å². The molecule has 6 heteroatoms. The standard InChI is InChI=1S/C25H22N4O2/c1-17(26)22-14-19-7-5-6-18(10-11-20-15-27-28-12-13-31-16-23(20)28)24(19)25(30)29(22)21-8-3-2-4-9-21/h2-9,14-15,17H,12-13,16,26H2,1H3/t17-/m0/s1. The minimum Gasteiger partial charge on any atom is -0.373 e. The van der Waals surface area contributed by atoms with Crippen LogP contribution in [0.15, 0.2) is 65.6 Å². The van der Waals surface area contributed by atoms with Gasteiger partial charge in [-0.3, -0.25) is 14.0 Å². The van der Waals surface area contributed by atoms with Crippen molar-refractivity contribution in [1.29, 1.82) is 0 Å². The second kappa shape index (κ2) is 7.88. The first-order valence-electron chi connectivity index (χ1n) is 10.3. The van der Waals surface area contributed by atoms with Crippen LogP contribution < -0.4 is 11.3 Å². The predicted octanol–water partition coefficient (Wildman–Crippen LogP) is 3.14. The topological polar surface area (TPSA) is 75.1 Å². The van der Waals surface area contributed by atoms with Gasteiger partial charge >= 0.3 is 0 Å². The summed E-state index contributed by atoms with van der Waals surface area (Å²) in [6.45, 7) is 3.77. The molecule has 5 rings (SSSR count). The van der Waals surface area contributed by atoms with Gasteiger partial charge in [0.05, 0.1) is 42.6 Å². The van der Waals surface area contributed by atoms with E-state index in [9.17, 15) is 4.79 Å². The van der Waals surface area contributed by atoms with E-state index >= 15 is 0 Å². The minimum atomic E-state index is -0.300. The number of fused-ring (bicyclic) bond motifs is 2. The summed E-state index contributed by atoms with van der Waals surface area (Å²) in [6.07, 6.45) is 1.76. The van der Waals surface area contributed by atoms with E-state index in [-0.39, 0.29) is 11.6 Å². The lowest BCUT2D eigenvalue weighted by atomic mass is 10.0. The Kier molecular flexibility index (Phi) is 4.91. The summed E-state index contributed by atoms with van der Waals surface area (Å²) in [6, 6.07) is 17.0. The van der Waals surface area contributed by atoms with E-state index in [2.05, 4.69) is 16.9 Å². The first-order chi connectivity index (χ1) is 15.1. The van der Waals surface area contributed by atoms with Crippen LogP contribution in [-0.2, 0) is 17.9 Å². The van der Waals surface area contributed by atoms with E-state index < -0.39 is 0 Å². The van der Waals surface area contributed by atoms with Gasteiger partial charge in [0, 0.05) is 23.0 Å². The Balaban J connectivity index is 1.71. The van der Waals surface area contributed by atoms with Crippen molar-refractivity contribution in [3.63, 3.8) is 0 Å². The van der Waals surface area contributed by atoms with Crippen LogP contribution in [0.25, 0.3) is 16.5 Å². The first kappa shape index (κ1) is 19.3. The molecule has 2 N–H and O–H groups in total. The molecule has 0 bridgehead atoms. The van der Waals surface area contributed by atoms with E-state index in [1.54, 1.807) is 10.8 Å². The highest BCUT2D eigenvalue weighted by Crippen LogP contribution is 2.22. The summed E-state index contributed by atoms with van der Waals surface area (Å²) in [7, 11) is 0. The summed E-state index contributed by atoms with van der Waals surface area (Å²) < 4.78 is 9.16. The molecule has 0 aliphatic carbocycles. The molecule has 0 fully saturated rings. The molecule has 3 heterocycles. The summed E-state index contributed by atoms with van der Waals surface area (Å²) in [5.74, 6) is 6.40. The van der Waals surface area contributed by atoms with Gasteiger partial charge in [0.2, 0.25) is 0 Å². The summed E-state index contributed by atoms with van der Waals surface area (Å²) in [5.41, 5.74) is 10.1. The number of benzene rings is 2. The van der Waals surface area contributed by atoms with Gasteiger partial charge in [-0.05, 0) is 36.6 Å². The summed E-state index contributed by atoms with van der Waals surface area (Å²) in [5, 5.41) is 5.80. The molecule has 2 aromatic heterocycles. The monoisotopic (exact) mass is 410 g/mol. The summed E-state index contributed by atoms with van der Waals surface area (Å²) in [4.78, 5) is 13.7. The molecule has 1 aliphatic rings. The third-order valence-electron chi connectivity index (χ3n) is 5.52. The van der Waals surface area contributed by atoms with Crippen LogP contribution in [0, 0.1) is 11.8 Å². The lowest BCUT2D eigenvalue weighted by Crippen LogP contribution is -2.26. The fraction of sp³-hybridized carbons (Fsp3) is 0.200. The summed E-state index contributed by atoms with van der Waals surface area (Å²) >= 11 is 0. The lowest BCUT2D eigenvalue weighted by Gasteiger charge is -2.17. The Labute approximate surface area is 179 Å². The van der Waals surface area contributed by atoms with E-state index in [4.69, 9.17) is 10.5 Å². The lowest BCUT2D eigenvalue weighted by molar-refractivity contribution is 0.0799. The quantitative estimate of drug-likeness (QED) is 0.515. The Morgan fingerprint density at radius 3 is 2.71 bits per heavy atom. The molecule has 4 aromatic rings. The van der Waals surface area contributed by atoms with Crippen LogP contribution in [0.1, 0.15) is 35.5 Å². The minimum absolute atomic E-state index is 0.124. The van der Waals surface area contributed by atoms with E-state index in [1.807, 2.05) is 66.2 Å². The first-order valence-corrected chi connectivity index (χ1v) is 10.3. The van der Waals surface area contributed by atoms with Gasteiger partial charge in [-0.1, -0.05) is 42.2 Å². The zero-order chi connectivity index (χ0) is 21.4. The molecule has 0 amide bonds. The van der Waals surface area contributed by atoms with Gasteiger partial charge in [0.15, 0.2) is 0 Å². The van der Waals surface area contributed by atoms with Crippen LogP contribution in [-0.4, -0.2) is 21.0 Å². The largest absolute Gasteiger partial charge is 0.373 e. The number of hydrogen-bond donors (Lipinski definition) is 1. The van der Waals surface area contributed by atoms with Crippen LogP contribution in [0.3, 0.4) is 0 Å². The normalized spacial score (nSPS) is 14.0. The van der Waals surface area contributed by atoms with E-state index in [1.165, 1.54) is 0 Å². The number of hydrogen-bond acceptors (Lipinski definition) is 4. The molecule has 0 radical (unpaired) electrons. The highest BCUT2D eigenvalue weighted by Gasteiger charge is 2.16. The third-order valence-corrected chi connectivity index (χ3v) is 5.52. The fourth-order valence-corrected chi connectivity index (χ4v) is 3.98. The zero-order valence-corrected chi connectivity index (χ0v) is 17.2. The second-order valence-electron chi connectivity index (χ2n) is 7.63. The van der Waals surface area contributed by atoms with Crippen LogP contribution in [0.4, 0.5) is 0 Å². The molecule has 0 saturated heterocycles. The number of pyridine rings is 1. The van der Waals surface area contributed by atoms with Crippen molar-refractivity contribution in [2.45, 2.75) is 26.1 Å². The molecular weight excluding hydrogens is 388 g/mol. The van der Waals surface area contributed by atoms with Gasteiger partial charge in [-0.15, -0.1) is 0 Å². The van der Waals surface area contributed by atoms with Crippen molar-refractivity contribution in [3.8, 4) is 17.5 Å². The number of rotatable bonds is 2. The maximum atomic E-state index is 13.7. The Morgan fingerprint density at radius 1 is 1.10 bits per heavy atom. The van der Waals surface area contributed by atoms with Gasteiger partial charge in [-0.2, -0.15) is 5.10 Å². The van der Waals surface area contributed by atoms with E-state index in [0.29, 0.717) is 24.2 Å². The Hall–Kier alpha value is -3.66. The molecule has 6 nitrogen and oxygen atoms in total. The van der Waals surface area contributed by atoms with Crippen molar-refractivity contribution in [2.24, 2.45) is 5.73 Å². The average molecular weight is 410 g/mol. The number of ether oxygens (including phenoxy) is 1. The predicted molar refractivity (Wildman–Crippen MR) is 120 cm³/mol. The Bertz CT molecular complexity index is 1390. The molecule has 0 saturated carbocycles. The van der Waals surface area contributed by atoms with Crippen molar-refractivity contribution in [1.82, 2.24) is 14.3 Å². The molecule has 2 aromatic carbocycles. The number of para-hydroxylation sites is 1. The second-order valence-corrected chi connectivity index (χ2v) is 7.63. The number of nitrogens with zero attached hydrogens (tertiary/aromatic N) is 3. The highest BCUT2D eigenvalue weighted by atomic mass is 16.5. The van der Waals surface area contributed by atoms with Gasteiger partial charge in [0.25, 0.3) is 5.56 Å². The van der Waals surface area contributed by atoms with Crippen molar-refractivity contribution < 1.29 is 4.74 Å². The van der Waals surface area contributed by atoms with Gasteiger partial charge in [0.1, 0.15) is 0 Å². The number of aromatic nitrogens is 3. The van der Waals surface area contributed by atoms with Gasteiger partial charge < -0.3 is 10.5 Å². The maximum absolute atomic E-state index is 13.7. The van der Waals surface area contributed by atoms with Crippen molar-refractivity contribution in [3.05, 3.63) is 93.7 Å². The van der Waals surface area contributed by atoms with Gasteiger partial charge in [-0.25, -0.2) is 0 Å². The molecule has 31 heavy (non-hydrogen) atoms. The zero-order valence-electron chi connectivity index (χ0n) is 17.2. The third kappa shape index (κ3) is 3.44. The smallest absolute Gasteiger partial charge is 0.264 e. The SMILES string of the molecule is C[C@H](N)c1cc2cccc(C#Cc3cnn4c3COCC4)c2c(=O)n1-c1ccccc1. The molecule has 0 unspecified atom stereocenters.